The molecule has 1 saturated carbocycles. The van der Waals surface area contributed by atoms with Gasteiger partial charge in [-0.3, -0.25) is 15.5 Å². The number of carbonyl (C=O) groups excluding carboxylic acids is 1. The van der Waals surface area contributed by atoms with E-state index in [1.807, 2.05) is 0 Å². The zero-order valence-corrected chi connectivity index (χ0v) is 15.6. The van der Waals surface area contributed by atoms with Crippen LogP contribution < -0.4 is 32.9 Å². The summed E-state index contributed by atoms with van der Waals surface area (Å²) in [6.45, 7) is 0.767. The highest BCUT2D eigenvalue weighted by Crippen LogP contribution is 2.39. The molecule has 4 aliphatic heterocycles. The van der Waals surface area contributed by atoms with Crippen LogP contribution in [0.5, 0.6) is 0 Å². The second-order valence-corrected chi connectivity index (χ2v) is 8.75. The Morgan fingerprint density at radius 1 is 1.07 bits per heavy atom. The SMILES string of the molecule is NC1NC2OC3CNC(C4CCCCC4)CC3C(=O)C2CC1C1=NNNN1. The molecule has 0 radical (unpaired) electrons. The minimum absolute atomic E-state index is 0.00549. The number of hydrogen-bond donors (Lipinski definition) is 6. The number of piperidine rings is 2. The van der Waals surface area contributed by atoms with Crippen LogP contribution in [-0.2, 0) is 9.53 Å². The van der Waals surface area contributed by atoms with E-state index in [1.54, 1.807) is 0 Å². The topological polar surface area (TPSA) is 125 Å². The number of hydrazone groups is 1. The lowest BCUT2D eigenvalue weighted by Gasteiger charge is -2.50. The van der Waals surface area contributed by atoms with Crippen molar-refractivity contribution >= 4 is 11.6 Å². The molecule has 7 atom stereocenters. The first-order chi connectivity index (χ1) is 13.2. The number of ketones is 1. The fourth-order valence-electron chi connectivity index (χ4n) is 5.75. The molecule has 9 heteroatoms. The van der Waals surface area contributed by atoms with E-state index in [4.69, 9.17) is 10.5 Å². The molecule has 9 nitrogen and oxygen atoms in total. The first-order valence-electron chi connectivity index (χ1n) is 10.5. The van der Waals surface area contributed by atoms with Crippen LogP contribution in [0.4, 0.5) is 0 Å². The number of rotatable bonds is 2. The van der Waals surface area contributed by atoms with Gasteiger partial charge in [-0.1, -0.05) is 19.3 Å². The predicted molar refractivity (Wildman–Crippen MR) is 99.7 cm³/mol. The molecule has 0 aromatic heterocycles. The normalized spacial score (nSPS) is 45.3. The number of amidine groups is 1. The Morgan fingerprint density at radius 2 is 1.93 bits per heavy atom. The highest BCUT2D eigenvalue weighted by molar-refractivity contribution is 5.89. The molecule has 0 spiro atoms. The van der Waals surface area contributed by atoms with Gasteiger partial charge in [0.15, 0.2) is 0 Å². The van der Waals surface area contributed by atoms with Crippen molar-refractivity contribution in [2.75, 3.05) is 6.54 Å². The molecule has 4 fully saturated rings. The molecule has 1 aliphatic carbocycles. The first-order valence-corrected chi connectivity index (χ1v) is 10.5. The summed E-state index contributed by atoms with van der Waals surface area (Å²) in [7, 11) is 0. The minimum Gasteiger partial charge on any atom is -0.357 e. The Balaban J connectivity index is 1.29. The smallest absolute Gasteiger partial charge is 0.145 e. The van der Waals surface area contributed by atoms with Crippen molar-refractivity contribution in [1.29, 1.82) is 0 Å². The number of nitrogens with zero attached hydrogens (tertiary/aromatic N) is 1. The van der Waals surface area contributed by atoms with E-state index >= 15 is 0 Å². The Morgan fingerprint density at radius 3 is 2.70 bits per heavy atom. The van der Waals surface area contributed by atoms with Gasteiger partial charge in [0, 0.05) is 24.4 Å². The number of fused-ring (bicyclic) bond motifs is 2. The third-order valence-corrected chi connectivity index (χ3v) is 7.25. The van der Waals surface area contributed by atoms with Gasteiger partial charge in [-0.15, -0.1) is 10.6 Å². The predicted octanol–water partition coefficient (Wildman–Crippen LogP) is -0.725. The summed E-state index contributed by atoms with van der Waals surface area (Å²) in [5, 5.41) is 11.2. The van der Waals surface area contributed by atoms with Crippen molar-refractivity contribution in [1.82, 2.24) is 27.1 Å². The van der Waals surface area contributed by atoms with Gasteiger partial charge in [-0.05, 0) is 31.6 Å². The van der Waals surface area contributed by atoms with Crippen LogP contribution >= 0.6 is 0 Å². The van der Waals surface area contributed by atoms with Crippen molar-refractivity contribution in [3.05, 3.63) is 0 Å². The Hall–Kier alpha value is -1.26. The summed E-state index contributed by atoms with van der Waals surface area (Å²) >= 11 is 0. The molecule has 5 rings (SSSR count). The summed E-state index contributed by atoms with van der Waals surface area (Å²) in [5.41, 5.74) is 14.7. The molecule has 0 aromatic carbocycles. The summed E-state index contributed by atoms with van der Waals surface area (Å²) in [6.07, 6.45) is 7.54. The summed E-state index contributed by atoms with van der Waals surface area (Å²) < 4.78 is 6.32. The molecule has 5 aliphatic rings. The van der Waals surface area contributed by atoms with Crippen molar-refractivity contribution in [3.8, 4) is 0 Å². The maximum absolute atomic E-state index is 13.4. The van der Waals surface area contributed by atoms with E-state index in [0.29, 0.717) is 24.2 Å². The van der Waals surface area contributed by atoms with Gasteiger partial charge in [-0.2, -0.15) is 0 Å². The zero-order valence-electron chi connectivity index (χ0n) is 15.6. The monoisotopic (exact) mass is 377 g/mol. The molecule has 27 heavy (non-hydrogen) atoms. The number of Topliss-reactive ketones (excluding diaryl/α,β-unsaturated/α-hetero) is 1. The van der Waals surface area contributed by atoms with Crippen molar-refractivity contribution < 1.29 is 9.53 Å². The highest BCUT2D eigenvalue weighted by Gasteiger charge is 2.52. The molecule has 0 amide bonds. The van der Waals surface area contributed by atoms with Crippen LogP contribution in [0.15, 0.2) is 5.10 Å². The average molecular weight is 377 g/mol. The second kappa shape index (κ2) is 7.29. The molecule has 150 valence electrons. The minimum atomic E-state index is -0.296. The fourth-order valence-corrected chi connectivity index (χ4v) is 5.75. The molecule has 7 unspecified atom stereocenters. The molecule has 3 saturated heterocycles. The van der Waals surface area contributed by atoms with Gasteiger partial charge in [0.05, 0.1) is 18.2 Å². The number of ether oxygens (including phenoxy) is 1. The summed E-state index contributed by atoms with van der Waals surface area (Å²) in [6, 6.07) is 0.458. The maximum Gasteiger partial charge on any atom is 0.145 e. The number of nitrogens with two attached hydrogens (primary N) is 1. The molecule has 4 heterocycles. The van der Waals surface area contributed by atoms with E-state index in [1.165, 1.54) is 32.1 Å². The molecular formula is C18H31N7O2. The van der Waals surface area contributed by atoms with Crippen molar-refractivity contribution in [2.45, 2.75) is 69.5 Å². The lowest BCUT2D eigenvalue weighted by molar-refractivity contribution is -0.176. The standard InChI is InChI=1S/C18H31N7O2/c19-16-12(17-22-24-25-23-17)6-11-15(26)10-7-13(9-4-2-1-3-5-9)20-8-14(10)27-18(11)21-16/h9-14,16,18,20-21,24-25H,1-8,19H2,(H,22,23). The van der Waals surface area contributed by atoms with Gasteiger partial charge < -0.3 is 15.8 Å². The van der Waals surface area contributed by atoms with E-state index in [-0.39, 0.29) is 36.3 Å². The third-order valence-electron chi connectivity index (χ3n) is 7.25. The zero-order chi connectivity index (χ0) is 18.4. The van der Waals surface area contributed by atoms with Crippen LogP contribution in [0.1, 0.15) is 44.9 Å². The van der Waals surface area contributed by atoms with E-state index in [2.05, 4.69) is 32.2 Å². The number of nitrogens with one attached hydrogen (secondary N) is 5. The quantitative estimate of drug-likeness (QED) is 0.372. The van der Waals surface area contributed by atoms with Crippen LogP contribution in [0, 0.1) is 23.7 Å². The first kappa shape index (κ1) is 17.8. The van der Waals surface area contributed by atoms with Crippen molar-refractivity contribution in [2.24, 2.45) is 34.5 Å². The second-order valence-electron chi connectivity index (χ2n) is 8.75. The third kappa shape index (κ3) is 3.25. The summed E-state index contributed by atoms with van der Waals surface area (Å²) in [4.78, 5) is 13.4. The van der Waals surface area contributed by atoms with E-state index in [9.17, 15) is 4.79 Å². The largest absolute Gasteiger partial charge is 0.357 e. The fraction of sp³-hybridized carbons (Fsp3) is 0.889. The van der Waals surface area contributed by atoms with E-state index < -0.39 is 0 Å². The van der Waals surface area contributed by atoms with Gasteiger partial charge in [0.2, 0.25) is 0 Å². The van der Waals surface area contributed by atoms with Crippen molar-refractivity contribution in [3.63, 3.8) is 0 Å². The Kier molecular flexibility index (Phi) is 4.81. The molecule has 7 N–H and O–H groups in total. The van der Waals surface area contributed by atoms with Gasteiger partial charge in [0.25, 0.3) is 0 Å². The number of hydrogen-bond acceptors (Lipinski definition) is 9. The van der Waals surface area contributed by atoms with E-state index in [0.717, 1.165) is 18.8 Å². The van der Waals surface area contributed by atoms with Gasteiger partial charge in [-0.25, -0.2) is 5.53 Å². The molecular weight excluding hydrogens is 346 g/mol. The number of hydrazine groups is 2. The average Bonchev–Trinajstić information content (AvgIpc) is 3.23. The molecule has 0 aromatic rings. The summed E-state index contributed by atoms with van der Waals surface area (Å²) in [5.74, 6) is 1.60. The lowest BCUT2D eigenvalue weighted by Crippen LogP contribution is -2.68. The maximum atomic E-state index is 13.4. The Bertz CT molecular complexity index is 609. The van der Waals surface area contributed by atoms with Gasteiger partial charge >= 0.3 is 0 Å². The molecule has 0 bridgehead atoms. The van der Waals surface area contributed by atoms with Crippen LogP contribution in [0.25, 0.3) is 0 Å². The lowest BCUT2D eigenvalue weighted by atomic mass is 9.71. The number of carbonyl (C=O) groups is 1. The van der Waals surface area contributed by atoms with Crippen LogP contribution in [-0.4, -0.2) is 42.7 Å². The Labute approximate surface area is 159 Å². The van der Waals surface area contributed by atoms with Gasteiger partial charge in [0.1, 0.15) is 17.8 Å². The van der Waals surface area contributed by atoms with Crippen LogP contribution in [0.3, 0.4) is 0 Å². The highest BCUT2D eigenvalue weighted by atomic mass is 16.5. The van der Waals surface area contributed by atoms with Crippen LogP contribution in [0.2, 0.25) is 0 Å².